The molecule has 0 aliphatic carbocycles. The maximum absolute atomic E-state index is 12.1. The van der Waals surface area contributed by atoms with Crippen LogP contribution in [-0.2, 0) is 6.42 Å². The lowest BCUT2D eigenvalue weighted by Crippen LogP contribution is -2.25. The number of carbonyl (C=O) groups excluding carboxylic acids is 1. The minimum absolute atomic E-state index is 0.161. The largest absolute Gasteiger partial charge is 0.352 e. The molecule has 1 heterocycles. The molecule has 2 aromatic carbocycles. The second-order valence-electron chi connectivity index (χ2n) is 5.11. The number of carbonyl (C=O) groups is 1. The summed E-state index contributed by atoms with van der Waals surface area (Å²) in [6, 6.07) is 16.9. The third kappa shape index (κ3) is 3.79. The molecule has 0 aliphatic heterocycles. The summed E-state index contributed by atoms with van der Waals surface area (Å²) in [4.78, 5) is 12.1. The molecule has 116 valence electrons. The van der Waals surface area contributed by atoms with Crippen molar-refractivity contribution in [1.29, 1.82) is 0 Å². The van der Waals surface area contributed by atoms with Crippen LogP contribution in [0.4, 0.5) is 0 Å². The fourth-order valence-electron chi connectivity index (χ4n) is 2.27. The van der Waals surface area contributed by atoms with Crippen molar-refractivity contribution in [1.82, 2.24) is 15.1 Å². The number of hydrogen-bond donors (Lipinski definition) is 1. The normalized spacial score (nSPS) is 10.5. The minimum atomic E-state index is -0.161. The molecule has 1 aromatic heterocycles. The highest BCUT2D eigenvalue weighted by molar-refractivity contribution is 6.33. The van der Waals surface area contributed by atoms with Gasteiger partial charge in [-0.2, -0.15) is 5.10 Å². The molecule has 0 bridgehead atoms. The molecule has 0 fully saturated rings. The molecule has 4 nitrogen and oxygen atoms in total. The van der Waals surface area contributed by atoms with E-state index < -0.39 is 0 Å². The maximum Gasteiger partial charge on any atom is 0.252 e. The average Bonchev–Trinajstić information content (AvgIpc) is 3.05. The molecule has 23 heavy (non-hydrogen) atoms. The predicted molar refractivity (Wildman–Crippen MR) is 91.1 cm³/mol. The van der Waals surface area contributed by atoms with Crippen molar-refractivity contribution < 1.29 is 4.79 Å². The number of para-hydroxylation sites is 1. The molecular formula is C18H16ClN3O. The van der Waals surface area contributed by atoms with Gasteiger partial charge in [0.1, 0.15) is 0 Å². The summed E-state index contributed by atoms with van der Waals surface area (Å²) in [5.41, 5.74) is 2.57. The second-order valence-corrected chi connectivity index (χ2v) is 5.52. The summed E-state index contributed by atoms with van der Waals surface area (Å²) in [6.45, 7) is 0.532. The van der Waals surface area contributed by atoms with Crippen LogP contribution in [0, 0.1) is 0 Å². The van der Waals surface area contributed by atoms with Crippen molar-refractivity contribution in [3.8, 4) is 5.69 Å². The van der Waals surface area contributed by atoms with Crippen molar-refractivity contribution in [3.63, 3.8) is 0 Å². The summed E-state index contributed by atoms with van der Waals surface area (Å²) in [7, 11) is 0. The van der Waals surface area contributed by atoms with E-state index in [4.69, 9.17) is 11.6 Å². The molecule has 1 N–H and O–H groups in total. The van der Waals surface area contributed by atoms with Gasteiger partial charge in [-0.15, -0.1) is 0 Å². The van der Waals surface area contributed by atoms with E-state index in [0.717, 1.165) is 11.3 Å². The fraction of sp³-hybridized carbons (Fsp3) is 0.111. The number of halogens is 1. The first-order chi connectivity index (χ1) is 11.2. The van der Waals surface area contributed by atoms with Crippen LogP contribution in [-0.4, -0.2) is 22.2 Å². The van der Waals surface area contributed by atoms with Gasteiger partial charge in [0.2, 0.25) is 0 Å². The van der Waals surface area contributed by atoms with Gasteiger partial charge in [-0.1, -0.05) is 41.9 Å². The molecule has 5 heteroatoms. The third-order valence-electron chi connectivity index (χ3n) is 3.47. The number of nitrogens with one attached hydrogen (secondary N) is 1. The molecule has 0 radical (unpaired) electrons. The lowest BCUT2D eigenvalue weighted by molar-refractivity contribution is 0.0954. The Kier molecular flexibility index (Phi) is 4.74. The third-order valence-corrected chi connectivity index (χ3v) is 3.80. The molecule has 0 spiro atoms. The number of nitrogens with zero attached hydrogens (tertiary/aromatic N) is 2. The molecule has 0 unspecified atom stereocenters. The van der Waals surface area contributed by atoms with Crippen molar-refractivity contribution >= 4 is 17.5 Å². The van der Waals surface area contributed by atoms with Crippen LogP contribution in [0.1, 0.15) is 15.9 Å². The Bertz CT molecular complexity index is 799. The first-order valence-electron chi connectivity index (χ1n) is 7.36. The zero-order chi connectivity index (χ0) is 16.1. The van der Waals surface area contributed by atoms with Gasteiger partial charge in [0.15, 0.2) is 0 Å². The van der Waals surface area contributed by atoms with Crippen LogP contribution in [0.2, 0.25) is 5.02 Å². The van der Waals surface area contributed by atoms with Crippen LogP contribution in [0.25, 0.3) is 5.69 Å². The molecule has 1 amide bonds. The first kappa shape index (κ1) is 15.3. The molecule has 0 saturated carbocycles. The SMILES string of the molecule is O=C(NCCc1cnn(-c2ccccc2)c1)c1ccccc1Cl. The lowest BCUT2D eigenvalue weighted by atomic mass is 10.2. The summed E-state index contributed by atoms with van der Waals surface area (Å²) in [5.74, 6) is -0.161. The summed E-state index contributed by atoms with van der Waals surface area (Å²) >= 11 is 6.01. The monoisotopic (exact) mass is 325 g/mol. The molecule has 0 aliphatic rings. The van der Waals surface area contributed by atoms with E-state index in [2.05, 4.69) is 10.4 Å². The van der Waals surface area contributed by atoms with Gasteiger partial charge in [0.05, 0.1) is 22.5 Å². The number of benzene rings is 2. The van der Waals surface area contributed by atoms with Gasteiger partial charge in [-0.3, -0.25) is 4.79 Å². The number of rotatable bonds is 5. The Hall–Kier alpha value is -2.59. The molecule has 3 aromatic rings. The van der Waals surface area contributed by atoms with Crippen LogP contribution >= 0.6 is 11.6 Å². The predicted octanol–water partition coefficient (Wildman–Crippen LogP) is 3.50. The minimum Gasteiger partial charge on any atom is -0.352 e. The lowest BCUT2D eigenvalue weighted by Gasteiger charge is -2.05. The van der Waals surface area contributed by atoms with Crippen LogP contribution < -0.4 is 5.32 Å². The van der Waals surface area contributed by atoms with Gasteiger partial charge in [0, 0.05) is 12.7 Å². The summed E-state index contributed by atoms with van der Waals surface area (Å²) < 4.78 is 1.82. The van der Waals surface area contributed by atoms with E-state index >= 15 is 0 Å². The Morgan fingerprint density at radius 3 is 2.61 bits per heavy atom. The second kappa shape index (κ2) is 7.11. The highest BCUT2D eigenvalue weighted by Gasteiger charge is 2.09. The van der Waals surface area contributed by atoms with Gasteiger partial charge < -0.3 is 5.32 Å². The quantitative estimate of drug-likeness (QED) is 0.780. The zero-order valence-corrected chi connectivity index (χ0v) is 13.2. The first-order valence-corrected chi connectivity index (χ1v) is 7.73. The molecule has 3 rings (SSSR count). The fourth-order valence-corrected chi connectivity index (χ4v) is 2.49. The highest BCUT2D eigenvalue weighted by Crippen LogP contribution is 2.14. The van der Waals surface area contributed by atoms with E-state index in [1.165, 1.54) is 0 Å². The molecule has 0 saturated heterocycles. The Balaban J connectivity index is 1.56. The van der Waals surface area contributed by atoms with Crippen molar-refractivity contribution in [2.24, 2.45) is 0 Å². The van der Waals surface area contributed by atoms with E-state index in [1.807, 2.05) is 47.4 Å². The van der Waals surface area contributed by atoms with Crippen molar-refractivity contribution in [3.05, 3.63) is 83.1 Å². The number of amides is 1. The summed E-state index contributed by atoms with van der Waals surface area (Å²) in [5, 5.41) is 7.68. The molecular weight excluding hydrogens is 310 g/mol. The van der Waals surface area contributed by atoms with Crippen LogP contribution in [0.5, 0.6) is 0 Å². The van der Waals surface area contributed by atoms with Crippen molar-refractivity contribution in [2.75, 3.05) is 6.54 Å². The Morgan fingerprint density at radius 2 is 1.83 bits per heavy atom. The maximum atomic E-state index is 12.1. The van der Waals surface area contributed by atoms with Gasteiger partial charge in [-0.25, -0.2) is 4.68 Å². The average molecular weight is 326 g/mol. The topological polar surface area (TPSA) is 46.9 Å². The van der Waals surface area contributed by atoms with Crippen LogP contribution in [0.3, 0.4) is 0 Å². The number of aromatic nitrogens is 2. The van der Waals surface area contributed by atoms with E-state index in [-0.39, 0.29) is 5.91 Å². The Labute approximate surface area is 139 Å². The Morgan fingerprint density at radius 1 is 1.09 bits per heavy atom. The van der Waals surface area contributed by atoms with Gasteiger partial charge in [-0.05, 0) is 36.2 Å². The molecule has 0 atom stereocenters. The van der Waals surface area contributed by atoms with E-state index in [1.54, 1.807) is 24.3 Å². The van der Waals surface area contributed by atoms with Crippen molar-refractivity contribution in [2.45, 2.75) is 6.42 Å². The summed E-state index contributed by atoms with van der Waals surface area (Å²) in [6.07, 6.45) is 4.49. The van der Waals surface area contributed by atoms with E-state index in [0.29, 0.717) is 23.6 Å². The number of hydrogen-bond acceptors (Lipinski definition) is 2. The smallest absolute Gasteiger partial charge is 0.252 e. The van der Waals surface area contributed by atoms with E-state index in [9.17, 15) is 4.79 Å². The highest BCUT2D eigenvalue weighted by atomic mass is 35.5. The van der Waals surface area contributed by atoms with Gasteiger partial charge >= 0.3 is 0 Å². The van der Waals surface area contributed by atoms with Gasteiger partial charge in [0.25, 0.3) is 5.91 Å². The zero-order valence-electron chi connectivity index (χ0n) is 12.4. The standard InChI is InChI=1S/C18H16ClN3O/c19-17-9-5-4-8-16(17)18(23)20-11-10-14-12-21-22(13-14)15-6-2-1-3-7-15/h1-9,12-13H,10-11H2,(H,20,23). The van der Waals surface area contributed by atoms with Crippen LogP contribution in [0.15, 0.2) is 67.0 Å².